The van der Waals surface area contributed by atoms with Crippen LogP contribution in [0.2, 0.25) is 5.02 Å². The minimum atomic E-state index is -0.557. The summed E-state index contributed by atoms with van der Waals surface area (Å²) in [5.41, 5.74) is 3.98. The number of carbonyl (C=O) groups excluding carboxylic acids is 2. The molecule has 0 bridgehead atoms. The van der Waals surface area contributed by atoms with Crippen LogP contribution in [-0.2, 0) is 20.9 Å². The fourth-order valence-corrected chi connectivity index (χ4v) is 5.72. The summed E-state index contributed by atoms with van der Waals surface area (Å²) >= 11 is 9.73. The summed E-state index contributed by atoms with van der Waals surface area (Å²) in [6, 6.07) is 11.1. The van der Waals surface area contributed by atoms with Crippen LogP contribution in [0.5, 0.6) is 11.5 Å². The average molecular weight is 575 g/mol. The van der Waals surface area contributed by atoms with Crippen LogP contribution in [0.1, 0.15) is 50.7 Å². The molecule has 1 aliphatic heterocycles. The van der Waals surface area contributed by atoms with Gasteiger partial charge in [0, 0.05) is 39.3 Å². The highest BCUT2D eigenvalue weighted by molar-refractivity contribution is 9.10. The number of Topliss-reactive ketones (excluding diaryl/α,β-unsaturated/α-hetero) is 1. The topological polar surface area (TPSA) is 73.9 Å². The largest absolute Gasteiger partial charge is 0.496 e. The number of methoxy groups -OCH3 is 2. The van der Waals surface area contributed by atoms with Crippen LogP contribution in [0.25, 0.3) is 0 Å². The maximum atomic E-state index is 13.4. The molecule has 36 heavy (non-hydrogen) atoms. The number of halogens is 2. The number of carbonyl (C=O) groups is 2. The molecular weight excluding hydrogens is 546 g/mol. The number of benzene rings is 2. The Morgan fingerprint density at radius 2 is 1.86 bits per heavy atom. The van der Waals surface area contributed by atoms with Crippen molar-refractivity contribution < 1.29 is 23.8 Å². The van der Waals surface area contributed by atoms with Crippen molar-refractivity contribution in [3.63, 3.8) is 0 Å². The highest BCUT2D eigenvalue weighted by Crippen LogP contribution is 2.47. The lowest BCUT2D eigenvalue weighted by Gasteiger charge is -2.39. The summed E-state index contributed by atoms with van der Waals surface area (Å²) in [7, 11) is 2.94. The van der Waals surface area contributed by atoms with Crippen molar-refractivity contribution >= 4 is 39.3 Å². The molecule has 1 unspecified atom stereocenters. The minimum Gasteiger partial charge on any atom is -0.496 e. The molecule has 4 rings (SSSR count). The highest BCUT2D eigenvalue weighted by atomic mass is 79.9. The van der Waals surface area contributed by atoms with Crippen molar-refractivity contribution in [2.75, 3.05) is 14.2 Å². The van der Waals surface area contributed by atoms with E-state index in [1.807, 2.05) is 31.2 Å². The number of hydrogen-bond acceptors (Lipinski definition) is 6. The Morgan fingerprint density at radius 3 is 2.53 bits per heavy atom. The summed E-state index contributed by atoms with van der Waals surface area (Å²) < 4.78 is 17.6. The predicted octanol–water partition coefficient (Wildman–Crippen LogP) is 6.47. The van der Waals surface area contributed by atoms with Crippen molar-refractivity contribution in [2.24, 2.45) is 5.41 Å². The molecule has 0 saturated carbocycles. The van der Waals surface area contributed by atoms with Gasteiger partial charge in [0.2, 0.25) is 0 Å². The summed E-state index contributed by atoms with van der Waals surface area (Å²) in [6.07, 6.45) is 1.12. The third-order valence-corrected chi connectivity index (χ3v) is 7.35. The zero-order valence-corrected chi connectivity index (χ0v) is 23.3. The molecule has 0 amide bonds. The molecule has 2 aromatic carbocycles. The molecule has 1 N–H and O–H groups in total. The van der Waals surface area contributed by atoms with Gasteiger partial charge in [-0.3, -0.25) is 4.79 Å². The summed E-state index contributed by atoms with van der Waals surface area (Å²) in [5.74, 6) is 0.173. The van der Waals surface area contributed by atoms with E-state index in [1.165, 1.54) is 7.11 Å². The molecule has 0 aromatic heterocycles. The molecule has 2 aliphatic rings. The number of esters is 1. The van der Waals surface area contributed by atoms with Crippen LogP contribution >= 0.6 is 27.5 Å². The zero-order chi connectivity index (χ0) is 26.2. The molecule has 8 heteroatoms. The standard InChI is InChI=1S/C28H29BrClNO5/c1-15-24(27(33)35-5)25(26-20(31-15)12-28(2,3)13-21(26)32)16-6-8-22(34-4)17(10-16)14-36-23-9-7-18(29)11-19(23)30/h6-11,25,31H,12-14H2,1-5H3. The normalized spacial score (nSPS) is 19.0. The van der Waals surface area contributed by atoms with Gasteiger partial charge in [-0.05, 0) is 54.7 Å². The first kappa shape index (κ1) is 26.3. The Balaban J connectivity index is 1.78. The average Bonchev–Trinajstić information content (AvgIpc) is 2.81. The molecule has 2 aromatic rings. The van der Waals surface area contributed by atoms with E-state index in [0.717, 1.165) is 21.3 Å². The Bertz CT molecular complexity index is 1300. The SMILES string of the molecule is COC(=O)C1=C(C)NC2=C(C(=O)CC(C)(C)C2)C1c1ccc(OC)c(COc2ccc(Br)cc2Cl)c1. The van der Waals surface area contributed by atoms with Crippen LogP contribution in [-0.4, -0.2) is 26.0 Å². The summed E-state index contributed by atoms with van der Waals surface area (Å²) in [6.45, 7) is 6.19. The van der Waals surface area contributed by atoms with Crippen LogP contribution in [0.4, 0.5) is 0 Å². The monoisotopic (exact) mass is 573 g/mol. The molecule has 0 saturated heterocycles. The highest BCUT2D eigenvalue weighted by Gasteiger charge is 2.43. The second-order valence-corrected chi connectivity index (χ2v) is 11.2. The van der Waals surface area contributed by atoms with E-state index in [1.54, 1.807) is 19.2 Å². The number of hydrogen-bond donors (Lipinski definition) is 1. The fourth-order valence-electron chi connectivity index (χ4n) is 4.99. The molecule has 0 fully saturated rings. The first-order valence-electron chi connectivity index (χ1n) is 11.6. The maximum absolute atomic E-state index is 13.4. The molecule has 0 radical (unpaired) electrons. The van der Waals surface area contributed by atoms with Gasteiger partial charge in [0.1, 0.15) is 18.1 Å². The van der Waals surface area contributed by atoms with E-state index in [2.05, 4.69) is 35.1 Å². The minimum absolute atomic E-state index is 0.0305. The second kappa shape index (κ2) is 10.3. The van der Waals surface area contributed by atoms with Gasteiger partial charge in [-0.1, -0.05) is 47.4 Å². The van der Waals surface area contributed by atoms with Gasteiger partial charge in [0.05, 0.1) is 24.8 Å². The van der Waals surface area contributed by atoms with Crippen molar-refractivity contribution in [3.05, 3.63) is 79.6 Å². The van der Waals surface area contributed by atoms with Gasteiger partial charge >= 0.3 is 5.97 Å². The third kappa shape index (κ3) is 5.18. The Hall–Kier alpha value is -2.77. The molecule has 1 atom stereocenters. The van der Waals surface area contributed by atoms with Crippen LogP contribution in [0, 0.1) is 5.41 Å². The molecule has 6 nitrogen and oxygen atoms in total. The first-order valence-corrected chi connectivity index (χ1v) is 12.8. The quantitative estimate of drug-likeness (QED) is 0.399. The Kier molecular flexibility index (Phi) is 7.53. The van der Waals surface area contributed by atoms with Crippen LogP contribution in [0.3, 0.4) is 0 Å². The summed E-state index contributed by atoms with van der Waals surface area (Å²) in [4.78, 5) is 26.4. The lowest BCUT2D eigenvalue weighted by Crippen LogP contribution is -2.38. The molecule has 190 valence electrons. The molecule has 0 spiro atoms. The van der Waals surface area contributed by atoms with Gasteiger partial charge in [-0.2, -0.15) is 0 Å². The maximum Gasteiger partial charge on any atom is 0.336 e. The van der Waals surface area contributed by atoms with Crippen molar-refractivity contribution in [2.45, 2.75) is 46.1 Å². The smallest absolute Gasteiger partial charge is 0.336 e. The van der Waals surface area contributed by atoms with Gasteiger partial charge in [-0.15, -0.1) is 0 Å². The van der Waals surface area contributed by atoms with Gasteiger partial charge in [-0.25, -0.2) is 4.79 Å². The number of ether oxygens (including phenoxy) is 3. The third-order valence-electron chi connectivity index (χ3n) is 6.56. The van der Waals surface area contributed by atoms with Crippen molar-refractivity contribution in [1.29, 1.82) is 0 Å². The van der Waals surface area contributed by atoms with E-state index in [9.17, 15) is 9.59 Å². The van der Waals surface area contributed by atoms with Gasteiger partial charge in [0.15, 0.2) is 5.78 Å². The second-order valence-electron chi connectivity index (χ2n) is 9.86. The van der Waals surface area contributed by atoms with Crippen molar-refractivity contribution in [3.8, 4) is 11.5 Å². The Morgan fingerprint density at radius 1 is 1.14 bits per heavy atom. The number of nitrogens with one attached hydrogen (secondary N) is 1. The first-order chi connectivity index (χ1) is 17.0. The molecule has 1 aliphatic carbocycles. The van der Waals surface area contributed by atoms with Crippen LogP contribution < -0.4 is 14.8 Å². The van der Waals surface area contributed by atoms with Gasteiger partial charge in [0.25, 0.3) is 0 Å². The predicted molar refractivity (Wildman–Crippen MR) is 142 cm³/mol. The van der Waals surface area contributed by atoms with E-state index >= 15 is 0 Å². The lowest BCUT2D eigenvalue weighted by molar-refractivity contribution is -0.136. The fraction of sp³-hybridized carbons (Fsp3) is 0.357. The Labute approximate surface area is 224 Å². The van der Waals surface area contributed by atoms with Crippen molar-refractivity contribution in [1.82, 2.24) is 5.32 Å². The summed E-state index contributed by atoms with van der Waals surface area (Å²) in [5, 5.41) is 3.81. The molecular formula is C28H29BrClNO5. The van der Waals surface area contributed by atoms with Gasteiger partial charge < -0.3 is 19.5 Å². The van der Waals surface area contributed by atoms with E-state index < -0.39 is 11.9 Å². The van der Waals surface area contributed by atoms with E-state index in [4.69, 9.17) is 25.8 Å². The number of allylic oxidation sites excluding steroid dienone is 3. The van der Waals surface area contributed by atoms with E-state index in [-0.39, 0.29) is 17.8 Å². The van der Waals surface area contributed by atoms with Crippen LogP contribution in [0.15, 0.2) is 63.4 Å². The number of ketones is 1. The zero-order valence-electron chi connectivity index (χ0n) is 21.0. The number of dihydropyridines is 1. The number of rotatable bonds is 6. The molecule has 1 heterocycles. The van der Waals surface area contributed by atoms with E-state index in [0.29, 0.717) is 46.2 Å². The lowest BCUT2D eigenvalue weighted by atomic mass is 9.68.